The normalized spacial score (nSPS) is 23.3. The second-order valence-corrected chi connectivity index (χ2v) is 5.12. The largest absolute Gasteiger partial charge is 0.356 e. The first-order chi connectivity index (χ1) is 8.07. The molecule has 0 aromatic heterocycles. The zero-order valence-corrected chi connectivity index (χ0v) is 10.4. The number of hydrogen-bond donors (Lipinski definition) is 2. The number of carbonyl (C=O) groups excluding carboxylic acids is 2. The minimum absolute atomic E-state index is 0.0620. The third-order valence-corrected chi connectivity index (χ3v) is 3.72. The third-order valence-electron chi connectivity index (χ3n) is 3.72. The van der Waals surface area contributed by atoms with Crippen LogP contribution in [0.1, 0.15) is 32.6 Å². The van der Waals surface area contributed by atoms with Gasteiger partial charge in [0.1, 0.15) is 0 Å². The first kappa shape index (κ1) is 12.4. The predicted octanol–water partition coefficient (Wildman–Crippen LogP) is -0.148. The number of rotatable bonds is 3. The van der Waals surface area contributed by atoms with Gasteiger partial charge in [0.25, 0.3) is 0 Å². The fourth-order valence-corrected chi connectivity index (χ4v) is 2.33. The summed E-state index contributed by atoms with van der Waals surface area (Å²) in [5.74, 6) is 0.257. The van der Waals surface area contributed by atoms with Gasteiger partial charge in [0.15, 0.2) is 0 Å². The van der Waals surface area contributed by atoms with E-state index >= 15 is 0 Å². The first-order valence-corrected chi connectivity index (χ1v) is 6.43. The summed E-state index contributed by atoms with van der Waals surface area (Å²) in [6, 6.07) is 0. The maximum Gasteiger partial charge on any atom is 0.242 e. The van der Waals surface area contributed by atoms with Gasteiger partial charge in [0.2, 0.25) is 11.8 Å². The number of amides is 2. The van der Waals surface area contributed by atoms with Gasteiger partial charge in [-0.05, 0) is 32.6 Å². The van der Waals surface area contributed by atoms with Crippen molar-refractivity contribution in [3.05, 3.63) is 0 Å². The Labute approximate surface area is 102 Å². The van der Waals surface area contributed by atoms with Gasteiger partial charge in [-0.15, -0.1) is 0 Å². The molecule has 0 radical (unpaired) electrons. The molecule has 17 heavy (non-hydrogen) atoms. The highest BCUT2D eigenvalue weighted by Crippen LogP contribution is 2.35. The first-order valence-electron chi connectivity index (χ1n) is 6.43. The fourth-order valence-electron chi connectivity index (χ4n) is 2.33. The van der Waals surface area contributed by atoms with Gasteiger partial charge in [0.05, 0.1) is 5.54 Å². The molecule has 1 heterocycles. The summed E-state index contributed by atoms with van der Waals surface area (Å²) < 4.78 is 0. The highest BCUT2D eigenvalue weighted by molar-refractivity contribution is 5.89. The molecule has 2 rings (SSSR count). The number of piperidine rings is 1. The summed E-state index contributed by atoms with van der Waals surface area (Å²) in [5, 5.41) is 2.83. The molecule has 0 atom stereocenters. The molecule has 0 unspecified atom stereocenters. The molecule has 96 valence electrons. The van der Waals surface area contributed by atoms with Crippen LogP contribution in [0.4, 0.5) is 0 Å². The average Bonchev–Trinajstić information content (AvgIpc) is 3.08. The zero-order chi connectivity index (χ0) is 12.5. The monoisotopic (exact) mass is 239 g/mol. The van der Waals surface area contributed by atoms with Crippen molar-refractivity contribution in [2.45, 2.75) is 38.1 Å². The Morgan fingerprint density at radius 1 is 1.35 bits per heavy atom. The molecule has 2 fully saturated rings. The van der Waals surface area contributed by atoms with Crippen molar-refractivity contribution in [1.29, 1.82) is 0 Å². The van der Waals surface area contributed by atoms with Crippen molar-refractivity contribution >= 4 is 11.8 Å². The molecule has 0 bridgehead atoms. The Bertz CT molecular complexity index is 318. The van der Waals surface area contributed by atoms with Crippen LogP contribution in [-0.4, -0.2) is 41.9 Å². The Morgan fingerprint density at radius 3 is 2.41 bits per heavy atom. The molecule has 1 saturated heterocycles. The zero-order valence-electron chi connectivity index (χ0n) is 10.4. The van der Waals surface area contributed by atoms with Gasteiger partial charge < -0.3 is 16.0 Å². The Kier molecular flexibility index (Phi) is 3.38. The molecule has 1 aliphatic heterocycles. The number of nitrogens with one attached hydrogen (secondary N) is 1. The Morgan fingerprint density at radius 2 is 1.94 bits per heavy atom. The predicted molar refractivity (Wildman–Crippen MR) is 64.1 cm³/mol. The second-order valence-electron chi connectivity index (χ2n) is 5.12. The lowest BCUT2D eigenvalue weighted by atomic mass is 9.95. The number of likely N-dealkylation sites (tertiary alicyclic amines) is 1. The molecule has 0 aromatic rings. The summed E-state index contributed by atoms with van der Waals surface area (Å²) in [5.41, 5.74) is 5.32. The SMILES string of the molecule is CCNC(=O)C1CCN(C(=O)C2(N)CC2)CC1. The maximum absolute atomic E-state index is 12.0. The molecule has 1 saturated carbocycles. The van der Waals surface area contributed by atoms with E-state index in [0.29, 0.717) is 19.6 Å². The molecule has 0 aromatic carbocycles. The topological polar surface area (TPSA) is 75.4 Å². The van der Waals surface area contributed by atoms with Crippen molar-refractivity contribution in [2.75, 3.05) is 19.6 Å². The van der Waals surface area contributed by atoms with Crippen LogP contribution in [0.3, 0.4) is 0 Å². The molecule has 1 aliphatic carbocycles. The molecule has 2 amide bonds. The van der Waals surface area contributed by atoms with Gasteiger partial charge in [-0.1, -0.05) is 0 Å². The summed E-state index contributed by atoms with van der Waals surface area (Å²) >= 11 is 0. The van der Waals surface area contributed by atoms with Gasteiger partial charge >= 0.3 is 0 Å². The quantitative estimate of drug-likeness (QED) is 0.719. The third kappa shape index (κ3) is 2.60. The fraction of sp³-hybridized carbons (Fsp3) is 0.833. The van der Waals surface area contributed by atoms with E-state index in [1.165, 1.54) is 0 Å². The standard InChI is InChI=1S/C12H21N3O2/c1-2-14-10(16)9-3-7-15(8-4-9)11(17)12(13)5-6-12/h9H,2-8,13H2,1H3,(H,14,16). The van der Waals surface area contributed by atoms with Gasteiger partial charge in [-0.3, -0.25) is 9.59 Å². The van der Waals surface area contributed by atoms with E-state index in [2.05, 4.69) is 5.32 Å². The number of carbonyl (C=O) groups is 2. The lowest BCUT2D eigenvalue weighted by molar-refractivity contribution is -0.137. The number of nitrogens with two attached hydrogens (primary N) is 1. The smallest absolute Gasteiger partial charge is 0.242 e. The van der Waals surface area contributed by atoms with E-state index in [-0.39, 0.29) is 17.7 Å². The minimum atomic E-state index is -0.571. The molecule has 0 spiro atoms. The van der Waals surface area contributed by atoms with Gasteiger partial charge in [-0.25, -0.2) is 0 Å². The van der Waals surface area contributed by atoms with E-state index in [9.17, 15) is 9.59 Å². The van der Waals surface area contributed by atoms with E-state index < -0.39 is 5.54 Å². The molecule has 2 aliphatic rings. The Hall–Kier alpha value is -1.10. The highest BCUT2D eigenvalue weighted by atomic mass is 16.2. The van der Waals surface area contributed by atoms with Crippen LogP contribution in [-0.2, 0) is 9.59 Å². The lowest BCUT2D eigenvalue weighted by Gasteiger charge is -2.33. The van der Waals surface area contributed by atoms with Crippen LogP contribution in [0, 0.1) is 5.92 Å². The lowest BCUT2D eigenvalue weighted by Crippen LogP contribution is -2.50. The van der Waals surface area contributed by atoms with Crippen LogP contribution >= 0.6 is 0 Å². The highest BCUT2D eigenvalue weighted by Gasteiger charge is 2.48. The Balaban J connectivity index is 1.82. The van der Waals surface area contributed by atoms with E-state index in [0.717, 1.165) is 25.7 Å². The van der Waals surface area contributed by atoms with Gasteiger partial charge in [0, 0.05) is 25.6 Å². The molecular weight excluding hydrogens is 218 g/mol. The summed E-state index contributed by atoms with van der Waals surface area (Å²) in [6.45, 7) is 3.92. The van der Waals surface area contributed by atoms with Crippen molar-refractivity contribution in [1.82, 2.24) is 10.2 Å². The maximum atomic E-state index is 12.0. The van der Waals surface area contributed by atoms with Crippen LogP contribution in [0.15, 0.2) is 0 Å². The number of hydrogen-bond acceptors (Lipinski definition) is 3. The summed E-state index contributed by atoms with van der Waals surface area (Å²) in [6.07, 6.45) is 3.13. The van der Waals surface area contributed by atoms with Crippen LogP contribution in [0.2, 0.25) is 0 Å². The van der Waals surface area contributed by atoms with Gasteiger partial charge in [-0.2, -0.15) is 0 Å². The molecule has 5 nitrogen and oxygen atoms in total. The molecule has 5 heteroatoms. The average molecular weight is 239 g/mol. The van der Waals surface area contributed by atoms with Crippen LogP contribution < -0.4 is 11.1 Å². The van der Waals surface area contributed by atoms with E-state index in [4.69, 9.17) is 5.73 Å². The van der Waals surface area contributed by atoms with Crippen molar-refractivity contribution in [2.24, 2.45) is 11.7 Å². The van der Waals surface area contributed by atoms with Crippen LogP contribution in [0.25, 0.3) is 0 Å². The summed E-state index contributed by atoms with van der Waals surface area (Å²) in [7, 11) is 0. The van der Waals surface area contributed by atoms with E-state index in [1.807, 2.05) is 11.8 Å². The number of nitrogens with zero attached hydrogens (tertiary/aromatic N) is 1. The van der Waals surface area contributed by atoms with Crippen molar-refractivity contribution in [3.63, 3.8) is 0 Å². The second kappa shape index (κ2) is 4.64. The summed E-state index contributed by atoms with van der Waals surface area (Å²) in [4.78, 5) is 25.5. The van der Waals surface area contributed by atoms with E-state index in [1.54, 1.807) is 0 Å². The van der Waals surface area contributed by atoms with Crippen molar-refractivity contribution in [3.8, 4) is 0 Å². The molecular formula is C12H21N3O2. The van der Waals surface area contributed by atoms with Crippen molar-refractivity contribution < 1.29 is 9.59 Å². The van der Waals surface area contributed by atoms with Crippen LogP contribution in [0.5, 0.6) is 0 Å². The minimum Gasteiger partial charge on any atom is -0.356 e. The molecule has 3 N–H and O–H groups in total.